The van der Waals surface area contributed by atoms with Gasteiger partial charge < -0.3 is 5.11 Å². The van der Waals surface area contributed by atoms with Gasteiger partial charge in [-0.25, -0.2) is 0 Å². The Labute approximate surface area is 116 Å². The van der Waals surface area contributed by atoms with Gasteiger partial charge >= 0.3 is 0 Å². The summed E-state index contributed by atoms with van der Waals surface area (Å²) in [5.74, 6) is 2.70. The van der Waals surface area contributed by atoms with Crippen molar-refractivity contribution in [2.75, 3.05) is 0 Å². The molecule has 4 rings (SSSR count). The lowest BCUT2D eigenvalue weighted by Crippen LogP contribution is -2.45. The molecule has 4 aliphatic rings. The first-order valence-corrected chi connectivity index (χ1v) is 8.25. The zero-order chi connectivity index (χ0) is 13.0. The SMILES string of the molecule is C[C@]12CC[C@H](O)CC1=CC[C@H]1[C@@H]3CCC=C3CC[C@@H]12. The summed E-state index contributed by atoms with van der Waals surface area (Å²) in [6, 6.07) is 0. The second kappa shape index (κ2) is 4.22. The Morgan fingerprint density at radius 1 is 1.21 bits per heavy atom. The minimum Gasteiger partial charge on any atom is -0.393 e. The molecule has 0 aliphatic heterocycles. The van der Waals surface area contributed by atoms with E-state index in [-0.39, 0.29) is 6.10 Å². The number of aliphatic hydroxyl groups excluding tert-OH is 1. The predicted octanol–water partition coefficient (Wildman–Crippen LogP) is 4.23. The van der Waals surface area contributed by atoms with Gasteiger partial charge in [-0.2, -0.15) is 0 Å². The van der Waals surface area contributed by atoms with E-state index in [0.29, 0.717) is 5.41 Å². The summed E-state index contributed by atoms with van der Waals surface area (Å²) in [6.45, 7) is 2.51. The highest BCUT2D eigenvalue weighted by Crippen LogP contribution is 2.60. The lowest BCUT2D eigenvalue weighted by molar-refractivity contribution is 0.0240. The fourth-order valence-corrected chi connectivity index (χ4v) is 5.73. The van der Waals surface area contributed by atoms with Crippen LogP contribution >= 0.6 is 0 Å². The van der Waals surface area contributed by atoms with E-state index in [1.54, 1.807) is 11.1 Å². The highest BCUT2D eigenvalue weighted by Gasteiger charge is 2.50. The Hall–Kier alpha value is -0.560. The molecule has 0 heterocycles. The Balaban J connectivity index is 1.68. The molecule has 5 atom stereocenters. The average molecular weight is 258 g/mol. The molecular weight excluding hydrogens is 232 g/mol. The first-order chi connectivity index (χ1) is 9.18. The summed E-state index contributed by atoms with van der Waals surface area (Å²) >= 11 is 0. The zero-order valence-electron chi connectivity index (χ0n) is 12.1. The molecule has 4 aliphatic carbocycles. The third kappa shape index (κ3) is 1.70. The van der Waals surface area contributed by atoms with E-state index in [9.17, 15) is 5.11 Å². The monoisotopic (exact) mass is 258 g/mol. The summed E-state index contributed by atoms with van der Waals surface area (Å²) in [7, 11) is 0. The minimum atomic E-state index is -0.0681. The second-order valence-electron chi connectivity index (χ2n) is 7.55. The molecule has 19 heavy (non-hydrogen) atoms. The Morgan fingerprint density at radius 3 is 3.00 bits per heavy atom. The van der Waals surface area contributed by atoms with Crippen LogP contribution < -0.4 is 0 Å². The number of hydrogen-bond donors (Lipinski definition) is 1. The Morgan fingerprint density at radius 2 is 2.11 bits per heavy atom. The third-order valence-electron chi connectivity index (χ3n) is 6.78. The van der Waals surface area contributed by atoms with E-state index in [2.05, 4.69) is 19.1 Å². The van der Waals surface area contributed by atoms with Crippen LogP contribution in [0.2, 0.25) is 0 Å². The largest absolute Gasteiger partial charge is 0.393 e. The van der Waals surface area contributed by atoms with Crippen LogP contribution in [0.15, 0.2) is 23.3 Å². The van der Waals surface area contributed by atoms with Crippen molar-refractivity contribution in [1.82, 2.24) is 0 Å². The summed E-state index contributed by atoms with van der Waals surface area (Å²) < 4.78 is 0. The molecule has 0 amide bonds. The van der Waals surface area contributed by atoms with Crippen LogP contribution in [0.4, 0.5) is 0 Å². The van der Waals surface area contributed by atoms with E-state index in [4.69, 9.17) is 0 Å². The minimum absolute atomic E-state index is 0.0681. The van der Waals surface area contributed by atoms with E-state index < -0.39 is 0 Å². The molecule has 0 saturated heterocycles. The van der Waals surface area contributed by atoms with Gasteiger partial charge in [-0.1, -0.05) is 30.2 Å². The fraction of sp³-hybridized carbons (Fsp3) is 0.778. The molecule has 0 aromatic heterocycles. The molecule has 0 spiro atoms. The fourth-order valence-electron chi connectivity index (χ4n) is 5.73. The molecular formula is C18H26O. The maximum atomic E-state index is 9.96. The zero-order valence-corrected chi connectivity index (χ0v) is 12.1. The normalized spacial score (nSPS) is 48.7. The van der Waals surface area contributed by atoms with Gasteiger partial charge in [-0.05, 0) is 74.5 Å². The van der Waals surface area contributed by atoms with E-state index in [1.165, 1.54) is 38.5 Å². The van der Waals surface area contributed by atoms with Crippen molar-refractivity contribution in [3.05, 3.63) is 23.3 Å². The third-order valence-corrected chi connectivity index (χ3v) is 6.78. The standard InChI is InChI=1S/C18H26O/c1-18-10-9-14(19)11-13(18)6-7-16-15-4-2-3-12(15)5-8-17(16)18/h3,6,14-17,19H,2,4-5,7-11H2,1H3/t14-,15+,16-,17-,18-/m0/s1. The molecule has 0 unspecified atom stereocenters. The van der Waals surface area contributed by atoms with Crippen LogP contribution in [0.3, 0.4) is 0 Å². The van der Waals surface area contributed by atoms with Crippen molar-refractivity contribution < 1.29 is 5.11 Å². The van der Waals surface area contributed by atoms with Crippen molar-refractivity contribution in [2.45, 2.75) is 64.4 Å². The smallest absolute Gasteiger partial charge is 0.0577 e. The Bertz CT molecular complexity index is 447. The van der Waals surface area contributed by atoms with Crippen LogP contribution in [0.1, 0.15) is 58.3 Å². The molecule has 0 aromatic carbocycles. The molecule has 1 N–H and O–H groups in total. The summed E-state index contributed by atoms with van der Waals surface area (Å²) in [6.07, 6.45) is 15.0. The highest BCUT2D eigenvalue weighted by atomic mass is 16.3. The average Bonchev–Trinajstić information content (AvgIpc) is 2.88. The molecule has 0 bridgehead atoms. The first kappa shape index (κ1) is 12.2. The van der Waals surface area contributed by atoms with Crippen LogP contribution in [-0.2, 0) is 0 Å². The quantitative estimate of drug-likeness (QED) is 0.645. The van der Waals surface area contributed by atoms with Crippen LogP contribution in [-0.4, -0.2) is 11.2 Å². The maximum Gasteiger partial charge on any atom is 0.0577 e. The lowest BCUT2D eigenvalue weighted by atomic mass is 9.51. The molecule has 0 aromatic rings. The number of aliphatic hydroxyl groups is 1. The molecule has 0 radical (unpaired) electrons. The van der Waals surface area contributed by atoms with Gasteiger partial charge in [0.2, 0.25) is 0 Å². The molecule has 1 heteroatoms. The number of fused-ring (bicyclic) bond motifs is 5. The van der Waals surface area contributed by atoms with Crippen molar-refractivity contribution in [1.29, 1.82) is 0 Å². The highest BCUT2D eigenvalue weighted by molar-refractivity contribution is 5.28. The van der Waals surface area contributed by atoms with Crippen molar-refractivity contribution >= 4 is 0 Å². The van der Waals surface area contributed by atoms with Gasteiger partial charge in [0.1, 0.15) is 0 Å². The number of allylic oxidation sites excluding steroid dienone is 3. The van der Waals surface area contributed by atoms with E-state index in [1.807, 2.05) is 0 Å². The van der Waals surface area contributed by atoms with Crippen LogP contribution in [0.5, 0.6) is 0 Å². The molecule has 2 fully saturated rings. The van der Waals surface area contributed by atoms with Gasteiger partial charge in [-0.3, -0.25) is 0 Å². The summed E-state index contributed by atoms with van der Waals surface area (Å²) in [4.78, 5) is 0. The number of rotatable bonds is 0. The topological polar surface area (TPSA) is 20.2 Å². The van der Waals surface area contributed by atoms with E-state index >= 15 is 0 Å². The van der Waals surface area contributed by atoms with Crippen LogP contribution in [0.25, 0.3) is 0 Å². The van der Waals surface area contributed by atoms with Gasteiger partial charge in [0.15, 0.2) is 0 Å². The lowest BCUT2D eigenvalue weighted by Gasteiger charge is -2.54. The van der Waals surface area contributed by atoms with Gasteiger partial charge in [-0.15, -0.1) is 0 Å². The van der Waals surface area contributed by atoms with Gasteiger partial charge in [0, 0.05) is 0 Å². The predicted molar refractivity (Wildman–Crippen MR) is 77.7 cm³/mol. The first-order valence-electron chi connectivity index (χ1n) is 8.25. The number of hydrogen-bond acceptors (Lipinski definition) is 1. The molecule has 104 valence electrons. The van der Waals surface area contributed by atoms with Crippen molar-refractivity contribution in [2.24, 2.45) is 23.2 Å². The van der Waals surface area contributed by atoms with Crippen molar-refractivity contribution in [3.8, 4) is 0 Å². The Kier molecular flexibility index (Phi) is 2.71. The second-order valence-corrected chi connectivity index (χ2v) is 7.55. The molecule has 1 nitrogen and oxygen atoms in total. The summed E-state index contributed by atoms with van der Waals surface area (Å²) in [5.41, 5.74) is 3.80. The van der Waals surface area contributed by atoms with E-state index in [0.717, 1.165) is 30.6 Å². The van der Waals surface area contributed by atoms with Crippen molar-refractivity contribution in [3.63, 3.8) is 0 Å². The molecule has 2 saturated carbocycles. The maximum absolute atomic E-state index is 9.96. The van der Waals surface area contributed by atoms with Gasteiger partial charge in [0.25, 0.3) is 0 Å². The summed E-state index contributed by atoms with van der Waals surface area (Å²) in [5, 5.41) is 9.96. The van der Waals surface area contributed by atoms with Crippen LogP contribution in [0, 0.1) is 23.2 Å². The van der Waals surface area contributed by atoms with Gasteiger partial charge in [0.05, 0.1) is 6.10 Å².